The van der Waals surface area contributed by atoms with Gasteiger partial charge in [-0.1, -0.05) is 36.9 Å². The Balaban J connectivity index is 2.87. The number of rotatable bonds is 3. The molecule has 68 valence electrons. The fourth-order valence-corrected chi connectivity index (χ4v) is 0.995. The normalized spacial score (nSPS) is 11.2. The maximum Gasteiger partial charge on any atom is 0.333 e. The van der Waals surface area contributed by atoms with E-state index in [4.69, 9.17) is 2.74 Å². The highest BCUT2D eigenvalue weighted by Crippen LogP contribution is 2.06. The van der Waals surface area contributed by atoms with E-state index in [0.29, 0.717) is 0 Å². The molecule has 0 saturated carbocycles. The van der Waals surface area contributed by atoms with Crippen molar-refractivity contribution in [3.8, 4) is 0 Å². The number of hydrogen-bond acceptors (Lipinski definition) is 2. The molecule has 0 saturated heterocycles. The van der Waals surface area contributed by atoms with Gasteiger partial charge in [0.25, 0.3) is 0 Å². The van der Waals surface area contributed by atoms with Crippen molar-refractivity contribution < 1.29 is 12.3 Å². The first-order chi connectivity index (χ1) is 7.15. The fraction of sp³-hybridized carbons (Fsp3) is 0.182. The van der Waals surface area contributed by atoms with Gasteiger partial charge in [0.1, 0.15) is 0 Å². The van der Waals surface area contributed by atoms with Crippen molar-refractivity contribution in [3.05, 3.63) is 48.0 Å². The van der Waals surface area contributed by atoms with E-state index in [-0.39, 0.29) is 12.0 Å². The summed E-state index contributed by atoms with van der Waals surface area (Å²) >= 11 is 0. The van der Waals surface area contributed by atoms with E-state index in [1.54, 1.807) is 0 Å². The second kappa shape index (κ2) is 4.45. The lowest BCUT2D eigenvalue weighted by molar-refractivity contribution is -0.136. The van der Waals surface area contributed by atoms with Gasteiger partial charge in [-0.05, 0) is 5.56 Å². The number of benzene rings is 1. The molecule has 0 N–H and O–H groups in total. The van der Waals surface area contributed by atoms with Gasteiger partial charge in [0.05, 0.1) is 9.85 Å². The van der Waals surface area contributed by atoms with Crippen LogP contribution in [-0.4, -0.2) is 13.1 Å². The van der Waals surface area contributed by atoms with Crippen LogP contribution in [0.15, 0.2) is 42.4 Å². The zero-order valence-corrected chi connectivity index (χ0v) is 7.41. The van der Waals surface area contributed by atoms with Gasteiger partial charge in [0, 0.05) is 12.0 Å². The SMILES string of the molecule is [2H]C([2H])=C(Cc1ccccc1)C(=O)OC. The molecule has 1 aromatic carbocycles. The lowest BCUT2D eigenvalue weighted by Crippen LogP contribution is -2.05. The number of carbonyl (C=O) groups is 1. The predicted octanol–water partition coefficient (Wildman–Crippen LogP) is 1.96. The van der Waals surface area contributed by atoms with Crippen LogP contribution in [0.3, 0.4) is 0 Å². The largest absolute Gasteiger partial charge is 0.466 e. The van der Waals surface area contributed by atoms with Crippen molar-refractivity contribution in [1.82, 2.24) is 0 Å². The molecule has 0 atom stereocenters. The van der Waals surface area contributed by atoms with Gasteiger partial charge in [0.15, 0.2) is 0 Å². The molecule has 1 aromatic rings. The standard InChI is InChI=1S/C11H12O2/c1-9(11(12)13-2)8-10-6-4-3-5-7-10/h3-7H,1,8H2,2H3/i1D2. The third-order valence-corrected chi connectivity index (χ3v) is 1.66. The number of methoxy groups -OCH3 is 1. The number of carbonyl (C=O) groups excluding carboxylic acids is 1. The predicted molar refractivity (Wildman–Crippen MR) is 51.3 cm³/mol. The van der Waals surface area contributed by atoms with Crippen LogP contribution in [-0.2, 0) is 16.0 Å². The summed E-state index contributed by atoms with van der Waals surface area (Å²) in [5.74, 6) is -0.612. The summed E-state index contributed by atoms with van der Waals surface area (Å²) in [4.78, 5) is 11.2. The Bertz CT molecular complexity index is 367. The van der Waals surface area contributed by atoms with Crippen LogP contribution in [0.2, 0.25) is 0 Å². The Morgan fingerprint density at radius 3 is 2.77 bits per heavy atom. The van der Waals surface area contributed by atoms with Crippen molar-refractivity contribution in [2.45, 2.75) is 6.42 Å². The van der Waals surface area contributed by atoms with E-state index in [1.165, 1.54) is 7.11 Å². The zero-order chi connectivity index (χ0) is 11.3. The molecule has 0 amide bonds. The molecule has 0 aliphatic rings. The van der Waals surface area contributed by atoms with Crippen molar-refractivity contribution in [2.24, 2.45) is 0 Å². The molecule has 13 heavy (non-hydrogen) atoms. The summed E-state index contributed by atoms with van der Waals surface area (Å²) < 4.78 is 18.8. The van der Waals surface area contributed by atoms with Crippen LogP contribution < -0.4 is 0 Å². The number of ether oxygens (including phenoxy) is 1. The minimum Gasteiger partial charge on any atom is -0.466 e. The zero-order valence-electron chi connectivity index (χ0n) is 9.41. The molecule has 0 aromatic heterocycles. The monoisotopic (exact) mass is 178 g/mol. The summed E-state index contributed by atoms with van der Waals surface area (Å²) in [6.07, 6.45) is 0.260. The van der Waals surface area contributed by atoms with Gasteiger partial charge in [-0.25, -0.2) is 4.79 Å². The minimum atomic E-state index is -0.612. The van der Waals surface area contributed by atoms with Gasteiger partial charge in [-0.2, -0.15) is 0 Å². The summed E-state index contributed by atoms with van der Waals surface area (Å²) in [5.41, 5.74) is 0.957. The fourth-order valence-electron chi connectivity index (χ4n) is 0.995. The Morgan fingerprint density at radius 2 is 2.23 bits per heavy atom. The first kappa shape index (κ1) is 6.89. The van der Waals surface area contributed by atoms with Crippen LogP contribution in [0, 0.1) is 0 Å². The average molecular weight is 178 g/mol. The molecule has 0 fully saturated rings. The Morgan fingerprint density at radius 1 is 1.54 bits per heavy atom. The van der Waals surface area contributed by atoms with Crippen LogP contribution in [0.5, 0.6) is 0 Å². The van der Waals surface area contributed by atoms with Crippen LogP contribution in [0.4, 0.5) is 0 Å². The molecule has 0 spiro atoms. The first-order valence-electron chi connectivity index (χ1n) is 4.93. The molecule has 0 radical (unpaired) electrons. The highest BCUT2D eigenvalue weighted by molar-refractivity contribution is 5.88. The second-order valence-corrected chi connectivity index (χ2v) is 2.63. The van der Waals surface area contributed by atoms with E-state index in [0.717, 1.165) is 5.56 Å². The highest BCUT2D eigenvalue weighted by atomic mass is 16.5. The van der Waals surface area contributed by atoms with Crippen molar-refractivity contribution in [3.63, 3.8) is 0 Å². The van der Waals surface area contributed by atoms with E-state index < -0.39 is 12.5 Å². The van der Waals surface area contributed by atoms with Crippen molar-refractivity contribution in [2.75, 3.05) is 7.11 Å². The molecule has 0 aliphatic heterocycles. The first-order valence-corrected chi connectivity index (χ1v) is 3.93. The Labute approximate surface area is 80.7 Å². The maximum atomic E-state index is 11.2. The number of hydrogen-bond donors (Lipinski definition) is 0. The molecule has 0 unspecified atom stereocenters. The third kappa shape index (κ3) is 2.75. The topological polar surface area (TPSA) is 26.3 Å². The lowest BCUT2D eigenvalue weighted by atomic mass is 10.1. The van der Waals surface area contributed by atoms with Crippen LogP contribution >= 0.6 is 0 Å². The average Bonchev–Trinajstić information content (AvgIpc) is 2.26. The molecule has 2 nitrogen and oxygen atoms in total. The van der Waals surface area contributed by atoms with Gasteiger partial charge < -0.3 is 4.74 Å². The van der Waals surface area contributed by atoms with Crippen molar-refractivity contribution in [1.29, 1.82) is 0 Å². The highest BCUT2D eigenvalue weighted by Gasteiger charge is 2.06. The molecule has 0 aliphatic carbocycles. The molecular formula is C11H12O2. The molecule has 0 bridgehead atoms. The minimum absolute atomic E-state index is 0.0729. The van der Waals surface area contributed by atoms with Crippen LogP contribution in [0.1, 0.15) is 8.30 Å². The Kier molecular flexibility index (Phi) is 2.36. The van der Waals surface area contributed by atoms with Crippen LogP contribution in [0.25, 0.3) is 0 Å². The van der Waals surface area contributed by atoms with E-state index >= 15 is 0 Å². The Hall–Kier alpha value is -1.57. The lowest BCUT2D eigenvalue weighted by Gasteiger charge is -2.02. The van der Waals surface area contributed by atoms with E-state index in [2.05, 4.69) is 4.74 Å². The number of esters is 1. The van der Waals surface area contributed by atoms with Gasteiger partial charge in [-0.3, -0.25) is 0 Å². The smallest absolute Gasteiger partial charge is 0.333 e. The van der Waals surface area contributed by atoms with Gasteiger partial charge >= 0.3 is 5.97 Å². The van der Waals surface area contributed by atoms with E-state index in [1.807, 2.05) is 30.3 Å². The van der Waals surface area contributed by atoms with E-state index in [9.17, 15) is 4.79 Å². The van der Waals surface area contributed by atoms with Gasteiger partial charge in [0.2, 0.25) is 0 Å². The quantitative estimate of drug-likeness (QED) is 0.522. The summed E-state index contributed by atoms with van der Waals surface area (Å²) in [7, 11) is 1.25. The summed E-state index contributed by atoms with van der Waals surface area (Å²) in [6.45, 7) is -0.495. The molecule has 0 heterocycles. The maximum absolute atomic E-state index is 11.2. The molecule has 2 heteroatoms. The van der Waals surface area contributed by atoms with Gasteiger partial charge in [-0.15, -0.1) is 0 Å². The summed E-state index contributed by atoms with van der Waals surface area (Å²) in [6, 6.07) is 9.24. The summed E-state index contributed by atoms with van der Waals surface area (Å²) in [5, 5.41) is 0. The molecule has 1 rings (SSSR count). The molecular weight excluding hydrogens is 164 g/mol. The second-order valence-electron chi connectivity index (χ2n) is 2.63. The van der Waals surface area contributed by atoms with Crippen molar-refractivity contribution >= 4 is 5.97 Å². The third-order valence-electron chi connectivity index (χ3n) is 1.66.